The maximum atomic E-state index is 11.9. The third-order valence-corrected chi connectivity index (χ3v) is 3.51. The van der Waals surface area contributed by atoms with Crippen LogP contribution >= 0.6 is 11.3 Å². The first kappa shape index (κ1) is 13.7. The van der Waals surface area contributed by atoms with E-state index in [9.17, 15) is 4.79 Å². The molecule has 0 aliphatic heterocycles. The van der Waals surface area contributed by atoms with Crippen LogP contribution in [0.1, 0.15) is 26.3 Å². The highest BCUT2D eigenvalue weighted by atomic mass is 32.1. The Morgan fingerprint density at radius 3 is 2.37 bits per heavy atom. The molecule has 0 spiro atoms. The van der Waals surface area contributed by atoms with Crippen molar-refractivity contribution in [1.82, 2.24) is 10.2 Å². The summed E-state index contributed by atoms with van der Waals surface area (Å²) in [6.07, 6.45) is 0. The number of benzene rings is 1. The van der Waals surface area contributed by atoms with Gasteiger partial charge in [0, 0.05) is 11.0 Å². The molecule has 4 nitrogen and oxygen atoms in total. The molecular weight excluding hydrogens is 258 g/mol. The van der Waals surface area contributed by atoms with Gasteiger partial charge in [-0.1, -0.05) is 61.9 Å². The van der Waals surface area contributed by atoms with Crippen molar-refractivity contribution in [1.29, 1.82) is 0 Å². The van der Waals surface area contributed by atoms with Gasteiger partial charge in [0.2, 0.25) is 11.0 Å². The lowest BCUT2D eigenvalue weighted by Crippen LogP contribution is -2.27. The molecular formula is C14H17N3OS. The summed E-state index contributed by atoms with van der Waals surface area (Å²) >= 11 is 1.38. The van der Waals surface area contributed by atoms with Crippen LogP contribution in [0.2, 0.25) is 0 Å². The normalized spacial score (nSPS) is 11.4. The third-order valence-electron chi connectivity index (χ3n) is 2.63. The van der Waals surface area contributed by atoms with E-state index in [0.717, 1.165) is 10.6 Å². The topological polar surface area (TPSA) is 54.9 Å². The second-order valence-electron chi connectivity index (χ2n) is 5.48. The highest BCUT2D eigenvalue weighted by Crippen LogP contribution is 2.27. The monoisotopic (exact) mass is 275 g/mol. The molecule has 0 fully saturated rings. The van der Waals surface area contributed by atoms with Crippen LogP contribution < -0.4 is 5.32 Å². The molecule has 0 bridgehead atoms. The fourth-order valence-electron chi connectivity index (χ4n) is 1.37. The molecule has 1 heterocycles. The van der Waals surface area contributed by atoms with Gasteiger partial charge in [0.15, 0.2) is 0 Å². The molecule has 100 valence electrons. The maximum absolute atomic E-state index is 11.9. The lowest BCUT2D eigenvalue weighted by molar-refractivity contribution is -0.123. The van der Waals surface area contributed by atoms with Crippen molar-refractivity contribution in [3.63, 3.8) is 0 Å². The molecule has 0 aliphatic rings. The summed E-state index contributed by atoms with van der Waals surface area (Å²) < 4.78 is 0. The van der Waals surface area contributed by atoms with E-state index in [1.165, 1.54) is 16.9 Å². The van der Waals surface area contributed by atoms with Gasteiger partial charge in [-0.15, -0.1) is 10.2 Å². The molecule has 1 N–H and O–H groups in total. The molecule has 1 aromatic heterocycles. The number of aromatic nitrogens is 2. The summed E-state index contributed by atoms with van der Waals surface area (Å²) in [4.78, 5) is 11.9. The van der Waals surface area contributed by atoms with E-state index in [0.29, 0.717) is 5.13 Å². The van der Waals surface area contributed by atoms with Crippen molar-refractivity contribution >= 4 is 22.4 Å². The minimum absolute atomic E-state index is 0.0564. The van der Waals surface area contributed by atoms with Crippen LogP contribution in [-0.4, -0.2) is 16.1 Å². The van der Waals surface area contributed by atoms with Crippen LogP contribution in [0, 0.1) is 12.3 Å². The Hall–Kier alpha value is -1.75. The fraction of sp³-hybridized carbons (Fsp3) is 0.357. The van der Waals surface area contributed by atoms with Gasteiger partial charge in [0.05, 0.1) is 0 Å². The molecule has 0 atom stereocenters. The lowest BCUT2D eigenvalue weighted by Gasteiger charge is -2.15. The number of hydrogen-bond donors (Lipinski definition) is 1. The van der Waals surface area contributed by atoms with Gasteiger partial charge in [-0.25, -0.2) is 0 Å². The summed E-state index contributed by atoms with van der Waals surface area (Å²) in [5.74, 6) is -0.0564. The Kier molecular flexibility index (Phi) is 3.66. The van der Waals surface area contributed by atoms with Crippen LogP contribution in [0.4, 0.5) is 5.13 Å². The first-order chi connectivity index (χ1) is 8.86. The highest BCUT2D eigenvalue weighted by molar-refractivity contribution is 7.18. The molecule has 0 unspecified atom stereocenters. The molecule has 5 heteroatoms. The van der Waals surface area contributed by atoms with Crippen molar-refractivity contribution in [2.75, 3.05) is 5.32 Å². The molecule has 0 radical (unpaired) electrons. The van der Waals surface area contributed by atoms with Crippen molar-refractivity contribution in [3.05, 3.63) is 29.8 Å². The van der Waals surface area contributed by atoms with E-state index in [2.05, 4.69) is 15.5 Å². The van der Waals surface area contributed by atoms with Crippen LogP contribution in [0.15, 0.2) is 24.3 Å². The van der Waals surface area contributed by atoms with Gasteiger partial charge in [-0.2, -0.15) is 0 Å². The van der Waals surface area contributed by atoms with Gasteiger partial charge in [0.25, 0.3) is 0 Å². The summed E-state index contributed by atoms with van der Waals surface area (Å²) in [6.45, 7) is 7.64. The van der Waals surface area contributed by atoms with E-state index >= 15 is 0 Å². The zero-order chi connectivity index (χ0) is 14.0. The third kappa shape index (κ3) is 3.38. The minimum atomic E-state index is -0.435. The zero-order valence-electron chi connectivity index (χ0n) is 11.5. The Balaban J connectivity index is 2.16. The Bertz CT molecular complexity index is 581. The fourth-order valence-corrected chi connectivity index (χ4v) is 2.12. The number of carbonyl (C=O) groups excluding carboxylic acids is 1. The highest BCUT2D eigenvalue weighted by Gasteiger charge is 2.22. The van der Waals surface area contributed by atoms with E-state index in [4.69, 9.17) is 0 Å². The first-order valence-electron chi connectivity index (χ1n) is 6.08. The molecule has 19 heavy (non-hydrogen) atoms. The smallest absolute Gasteiger partial charge is 0.231 e. The second-order valence-corrected chi connectivity index (χ2v) is 6.46. The van der Waals surface area contributed by atoms with Crippen molar-refractivity contribution in [2.24, 2.45) is 5.41 Å². The standard InChI is InChI=1S/C14H17N3OS/c1-9-5-7-10(8-6-9)11-16-17-13(19-11)15-12(18)14(2,3)4/h5-8H,1-4H3,(H,15,17,18). The van der Waals surface area contributed by atoms with Gasteiger partial charge >= 0.3 is 0 Å². The lowest BCUT2D eigenvalue weighted by atomic mass is 9.96. The number of nitrogens with one attached hydrogen (secondary N) is 1. The van der Waals surface area contributed by atoms with E-state index in [-0.39, 0.29) is 5.91 Å². The van der Waals surface area contributed by atoms with Crippen molar-refractivity contribution in [2.45, 2.75) is 27.7 Å². The van der Waals surface area contributed by atoms with Gasteiger partial charge in [-0.3, -0.25) is 4.79 Å². The predicted octanol–water partition coefficient (Wildman–Crippen LogP) is 3.50. The number of carbonyl (C=O) groups is 1. The van der Waals surface area contributed by atoms with E-state index in [1.54, 1.807) is 0 Å². The van der Waals surface area contributed by atoms with Crippen LogP contribution in [0.3, 0.4) is 0 Å². The number of amides is 1. The number of hydrogen-bond acceptors (Lipinski definition) is 4. The molecule has 1 amide bonds. The van der Waals surface area contributed by atoms with Gasteiger partial charge in [-0.05, 0) is 6.92 Å². The Morgan fingerprint density at radius 2 is 1.79 bits per heavy atom. The molecule has 2 aromatic rings. The zero-order valence-corrected chi connectivity index (χ0v) is 12.3. The average Bonchev–Trinajstić information content (AvgIpc) is 2.77. The molecule has 0 saturated carbocycles. The molecule has 1 aromatic carbocycles. The largest absolute Gasteiger partial charge is 0.300 e. The average molecular weight is 275 g/mol. The summed E-state index contributed by atoms with van der Waals surface area (Å²) in [5.41, 5.74) is 1.78. The Labute approximate surface area is 116 Å². The van der Waals surface area contributed by atoms with Crippen molar-refractivity contribution in [3.8, 4) is 10.6 Å². The first-order valence-corrected chi connectivity index (χ1v) is 6.90. The van der Waals surface area contributed by atoms with Crippen LogP contribution in [-0.2, 0) is 4.79 Å². The van der Waals surface area contributed by atoms with Gasteiger partial charge in [0.1, 0.15) is 5.01 Å². The summed E-state index contributed by atoms with van der Waals surface area (Å²) in [7, 11) is 0. The van der Waals surface area contributed by atoms with Crippen LogP contribution in [0.5, 0.6) is 0 Å². The number of aryl methyl sites for hydroxylation is 1. The van der Waals surface area contributed by atoms with Crippen molar-refractivity contribution < 1.29 is 4.79 Å². The SMILES string of the molecule is Cc1ccc(-c2nnc(NC(=O)C(C)(C)C)s2)cc1. The minimum Gasteiger partial charge on any atom is -0.300 e. The number of anilines is 1. The van der Waals surface area contributed by atoms with Gasteiger partial charge < -0.3 is 5.32 Å². The second kappa shape index (κ2) is 5.09. The molecule has 0 saturated heterocycles. The quantitative estimate of drug-likeness (QED) is 0.912. The summed E-state index contributed by atoms with van der Waals surface area (Å²) in [5, 5.41) is 12.2. The maximum Gasteiger partial charge on any atom is 0.231 e. The molecule has 0 aliphatic carbocycles. The van der Waals surface area contributed by atoms with E-state index in [1.807, 2.05) is 52.0 Å². The predicted molar refractivity (Wildman–Crippen MR) is 78.2 cm³/mol. The molecule has 2 rings (SSSR count). The number of nitrogens with zero attached hydrogens (tertiary/aromatic N) is 2. The Morgan fingerprint density at radius 1 is 1.16 bits per heavy atom. The summed E-state index contributed by atoms with van der Waals surface area (Å²) in [6, 6.07) is 8.07. The van der Waals surface area contributed by atoms with E-state index < -0.39 is 5.41 Å². The van der Waals surface area contributed by atoms with Crippen LogP contribution in [0.25, 0.3) is 10.6 Å². The number of rotatable bonds is 2.